The van der Waals surface area contributed by atoms with Crippen molar-refractivity contribution >= 4 is 50.8 Å². The van der Waals surface area contributed by atoms with E-state index in [-0.39, 0.29) is 0 Å². The average molecular weight is 360 g/mol. The maximum Gasteiger partial charge on any atom is 0.0861 e. The molecule has 88 valence electrons. The number of nitrogens with one attached hydrogen (secondary N) is 1. The number of rotatable bonds is 1. The van der Waals surface area contributed by atoms with Crippen molar-refractivity contribution in [2.24, 2.45) is 5.84 Å². The van der Waals surface area contributed by atoms with Gasteiger partial charge in [-0.3, -0.25) is 10.8 Å². The predicted molar refractivity (Wildman–Crippen MR) is 79.3 cm³/mol. The molecule has 2 aromatic rings. The van der Waals surface area contributed by atoms with Crippen molar-refractivity contribution in [3.05, 3.63) is 32.0 Å². The summed E-state index contributed by atoms with van der Waals surface area (Å²) in [7, 11) is 0. The van der Waals surface area contributed by atoms with Gasteiger partial charge in [0.25, 0.3) is 0 Å². The zero-order chi connectivity index (χ0) is 12.0. The van der Waals surface area contributed by atoms with Crippen LogP contribution in [-0.4, -0.2) is 4.98 Å². The van der Waals surface area contributed by atoms with E-state index >= 15 is 0 Å². The van der Waals surface area contributed by atoms with Crippen LogP contribution >= 0.6 is 34.2 Å². The predicted octanol–water partition coefficient (Wildman–Crippen LogP) is 3.27. The minimum atomic E-state index is 0.721. The lowest BCUT2D eigenvalue weighted by molar-refractivity contribution is 0.901. The Hall–Kier alpha value is -0.590. The lowest BCUT2D eigenvalue weighted by Crippen LogP contribution is -2.11. The molecule has 1 aliphatic carbocycles. The van der Waals surface area contributed by atoms with Crippen LogP contribution in [0.5, 0.6) is 0 Å². The first-order chi connectivity index (χ1) is 8.20. The van der Waals surface area contributed by atoms with Crippen molar-refractivity contribution in [3.63, 3.8) is 0 Å². The molecular weight excluding hydrogens is 349 g/mol. The van der Waals surface area contributed by atoms with Crippen LogP contribution in [0.3, 0.4) is 0 Å². The standard InChI is InChI=1S/C12H11ClIN3/c13-6-4-8-11(17-15)7-2-1-3-10(7)16-12(8)9(14)5-6/h4-5H,1-3,15H2,(H,16,17). The first kappa shape index (κ1) is 11.5. The van der Waals surface area contributed by atoms with E-state index in [2.05, 4.69) is 28.0 Å². The highest BCUT2D eigenvalue weighted by molar-refractivity contribution is 14.1. The third-order valence-electron chi connectivity index (χ3n) is 3.18. The number of fused-ring (bicyclic) bond motifs is 2. The number of hydrogen-bond donors (Lipinski definition) is 2. The SMILES string of the molecule is NNc1c2c(nc3c(I)cc(Cl)cc13)CCC2. The van der Waals surface area contributed by atoms with Crippen LogP contribution in [0.4, 0.5) is 5.69 Å². The molecule has 0 atom stereocenters. The van der Waals surface area contributed by atoms with E-state index in [1.807, 2.05) is 12.1 Å². The molecule has 3 N–H and O–H groups in total. The van der Waals surface area contributed by atoms with Crippen LogP contribution in [0.15, 0.2) is 12.1 Å². The number of hydrazine groups is 1. The Morgan fingerprint density at radius 3 is 2.94 bits per heavy atom. The van der Waals surface area contributed by atoms with Gasteiger partial charge in [-0.25, -0.2) is 0 Å². The second-order valence-electron chi connectivity index (χ2n) is 4.19. The minimum absolute atomic E-state index is 0.721. The highest BCUT2D eigenvalue weighted by atomic mass is 127. The van der Waals surface area contributed by atoms with Crippen molar-refractivity contribution in [2.75, 3.05) is 5.43 Å². The summed E-state index contributed by atoms with van der Waals surface area (Å²) in [5.74, 6) is 5.67. The van der Waals surface area contributed by atoms with Crippen LogP contribution in [-0.2, 0) is 12.8 Å². The Bertz CT molecular complexity index is 612. The van der Waals surface area contributed by atoms with Crippen LogP contribution in [0.2, 0.25) is 5.02 Å². The van der Waals surface area contributed by atoms with Crippen molar-refractivity contribution in [1.29, 1.82) is 0 Å². The first-order valence-electron chi connectivity index (χ1n) is 5.48. The highest BCUT2D eigenvalue weighted by Crippen LogP contribution is 2.36. The Balaban J connectivity index is 2.45. The molecule has 0 saturated carbocycles. The van der Waals surface area contributed by atoms with Gasteiger partial charge in [0.2, 0.25) is 0 Å². The molecule has 0 saturated heterocycles. The molecule has 3 rings (SSSR count). The Labute approximate surface area is 118 Å². The Morgan fingerprint density at radius 2 is 2.18 bits per heavy atom. The van der Waals surface area contributed by atoms with E-state index in [0.29, 0.717) is 0 Å². The second kappa shape index (κ2) is 4.26. The average Bonchev–Trinajstić information content (AvgIpc) is 2.74. The van der Waals surface area contributed by atoms with E-state index < -0.39 is 0 Å². The van der Waals surface area contributed by atoms with Crippen LogP contribution in [0.1, 0.15) is 17.7 Å². The third-order valence-corrected chi connectivity index (χ3v) is 4.22. The van der Waals surface area contributed by atoms with Crippen molar-refractivity contribution in [2.45, 2.75) is 19.3 Å². The topological polar surface area (TPSA) is 50.9 Å². The molecule has 0 bridgehead atoms. The number of aromatic nitrogens is 1. The van der Waals surface area contributed by atoms with Gasteiger partial charge in [0.15, 0.2) is 0 Å². The fourth-order valence-corrected chi connectivity index (χ4v) is 3.60. The maximum absolute atomic E-state index is 6.10. The first-order valence-corrected chi connectivity index (χ1v) is 6.93. The molecule has 0 unspecified atom stereocenters. The van der Waals surface area contributed by atoms with E-state index in [9.17, 15) is 0 Å². The molecular formula is C12H11ClIN3. The number of benzene rings is 1. The fraction of sp³-hybridized carbons (Fsp3) is 0.250. The highest BCUT2D eigenvalue weighted by Gasteiger charge is 2.20. The van der Waals surface area contributed by atoms with E-state index in [1.165, 1.54) is 11.3 Å². The summed E-state index contributed by atoms with van der Waals surface area (Å²) < 4.78 is 1.07. The van der Waals surface area contributed by atoms with Gasteiger partial charge in [0.05, 0.1) is 11.2 Å². The second-order valence-corrected chi connectivity index (χ2v) is 5.79. The molecule has 0 spiro atoms. The van der Waals surface area contributed by atoms with Gasteiger partial charge in [0.1, 0.15) is 0 Å². The van der Waals surface area contributed by atoms with Crippen LogP contribution in [0, 0.1) is 3.57 Å². The maximum atomic E-state index is 6.10. The molecule has 0 aliphatic heterocycles. The molecule has 17 heavy (non-hydrogen) atoms. The van der Waals surface area contributed by atoms with Crippen LogP contribution < -0.4 is 11.3 Å². The molecule has 0 fully saturated rings. The number of anilines is 1. The summed E-state index contributed by atoms with van der Waals surface area (Å²) >= 11 is 8.37. The monoisotopic (exact) mass is 359 g/mol. The zero-order valence-electron chi connectivity index (χ0n) is 9.06. The number of nitrogens with zero attached hydrogens (tertiary/aromatic N) is 1. The fourth-order valence-electron chi connectivity index (χ4n) is 2.45. The Morgan fingerprint density at radius 1 is 1.35 bits per heavy atom. The smallest absolute Gasteiger partial charge is 0.0861 e. The third kappa shape index (κ3) is 1.78. The van der Waals surface area contributed by atoms with Gasteiger partial charge in [0, 0.05) is 19.7 Å². The molecule has 1 aliphatic rings. The quantitative estimate of drug-likeness (QED) is 0.467. The van der Waals surface area contributed by atoms with Gasteiger partial charge < -0.3 is 5.43 Å². The molecule has 1 aromatic carbocycles. The van der Waals surface area contributed by atoms with Gasteiger partial charge in [-0.15, -0.1) is 0 Å². The molecule has 0 amide bonds. The lowest BCUT2D eigenvalue weighted by atomic mass is 10.1. The van der Waals surface area contributed by atoms with Crippen LogP contribution in [0.25, 0.3) is 10.9 Å². The molecule has 1 aromatic heterocycles. The number of pyridine rings is 1. The summed E-state index contributed by atoms with van der Waals surface area (Å²) in [5.41, 5.74) is 7.22. The normalized spacial score (nSPS) is 14.1. The summed E-state index contributed by atoms with van der Waals surface area (Å²) in [6, 6.07) is 3.86. The summed E-state index contributed by atoms with van der Waals surface area (Å²) in [6.07, 6.45) is 3.23. The lowest BCUT2D eigenvalue weighted by Gasteiger charge is -2.12. The molecule has 1 heterocycles. The molecule has 5 heteroatoms. The number of nitrogens with two attached hydrogens (primary N) is 1. The van der Waals surface area contributed by atoms with Gasteiger partial charge in [-0.1, -0.05) is 11.6 Å². The van der Waals surface area contributed by atoms with E-state index in [0.717, 1.165) is 44.4 Å². The molecule has 0 radical (unpaired) electrons. The minimum Gasteiger partial charge on any atom is -0.323 e. The van der Waals surface area contributed by atoms with Gasteiger partial charge >= 0.3 is 0 Å². The van der Waals surface area contributed by atoms with Crippen molar-refractivity contribution < 1.29 is 0 Å². The molecule has 3 nitrogen and oxygen atoms in total. The number of aryl methyl sites for hydroxylation is 1. The zero-order valence-corrected chi connectivity index (χ0v) is 12.0. The number of nitrogen functional groups attached to an aromatic ring is 1. The number of hydrogen-bond acceptors (Lipinski definition) is 3. The van der Waals surface area contributed by atoms with E-state index in [4.69, 9.17) is 22.4 Å². The number of halogens is 2. The summed E-state index contributed by atoms with van der Waals surface area (Å²) in [5, 5.41) is 1.74. The largest absolute Gasteiger partial charge is 0.323 e. The van der Waals surface area contributed by atoms with Gasteiger partial charge in [-0.05, 0) is 59.5 Å². The van der Waals surface area contributed by atoms with Crippen molar-refractivity contribution in [1.82, 2.24) is 4.98 Å². The van der Waals surface area contributed by atoms with Gasteiger partial charge in [-0.2, -0.15) is 0 Å². The van der Waals surface area contributed by atoms with Crippen molar-refractivity contribution in [3.8, 4) is 0 Å². The van der Waals surface area contributed by atoms with E-state index in [1.54, 1.807) is 0 Å². The summed E-state index contributed by atoms with van der Waals surface area (Å²) in [4.78, 5) is 4.74. The summed E-state index contributed by atoms with van der Waals surface area (Å²) in [6.45, 7) is 0. The Kier molecular flexibility index (Phi) is 2.88.